The normalized spacial score (nSPS) is 12.4. The summed E-state index contributed by atoms with van der Waals surface area (Å²) in [7, 11) is 1.89. The third kappa shape index (κ3) is 2.90. The minimum atomic E-state index is -0.0335. The first-order valence-corrected chi connectivity index (χ1v) is 6.02. The summed E-state index contributed by atoms with van der Waals surface area (Å²) in [6, 6.07) is 6.05. The van der Waals surface area contributed by atoms with Gasteiger partial charge < -0.3 is 10.5 Å². The number of aromatic nitrogens is 2. The van der Waals surface area contributed by atoms with Crippen LogP contribution in [-0.4, -0.2) is 9.78 Å². The fourth-order valence-electron chi connectivity index (χ4n) is 1.86. The maximum Gasteiger partial charge on any atom is 0.124 e. The van der Waals surface area contributed by atoms with Crippen LogP contribution in [0.15, 0.2) is 30.6 Å². The van der Waals surface area contributed by atoms with Gasteiger partial charge in [-0.05, 0) is 19.9 Å². The molecule has 0 unspecified atom stereocenters. The molecule has 0 aliphatic heterocycles. The van der Waals surface area contributed by atoms with Crippen LogP contribution in [0.25, 0.3) is 0 Å². The lowest BCUT2D eigenvalue weighted by Crippen LogP contribution is -2.08. The summed E-state index contributed by atoms with van der Waals surface area (Å²) < 4.78 is 7.58. The van der Waals surface area contributed by atoms with Gasteiger partial charge in [-0.2, -0.15) is 5.10 Å². The van der Waals surface area contributed by atoms with Crippen molar-refractivity contribution in [1.82, 2.24) is 9.78 Å². The Morgan fingerprint density at radius 2 is 2.22 bits per heavy atom. The van der Waals surface area contributed by atoms with E-state index in [0.29, 0.717) is 6.61 Å². The maximum absolute atomic E-state index is 5.96. The lowest BCUT2D eigenvalue weighted by atomic mass is 10.1. The van der Waals surface area contributed by atoms with Gasteiger partial charge in [0, 0.05) is 30.4 Å². The molecule has 4 nitrogen and oxygen atoms in total. The Balaban J connectivity index is 2.13. The van der Waals surface area contributed by atoms with Crippen LogP contribution < -0.4 is 10.5 Å². The number of nitrogens with two attached hydrogens (primary N) is 1. The monoisotopic (exact) mass is 245 g/mol. The van der Waals surface area contributed by atoms with E-state index in [9.17, 15) is 0 Å². The second kappa shape index (κ2) is 5.23. The molecule has 1 aromatic carbocycles. The Kier molecular flexibility index (Phi) is 3.67. The molecule has 2 N–H and O–H groups in total. The molecular weight excluding hydrogens is 226 g/mol. The van der Waals surface area contributed by atoms with E-state index >= 15 is 0 Å². The molecule has 0 aliphatic carbocycles. The van der Waals surface area contributed by atoms with E-state index in [1.165, 1.54) is 5.56 Å². The van der Waals surface area contributed by atoms with Crippen molar-refractivity contribution in [2.45, 2.75) is 26.5 Å². The van der Waals surface area contributed by atoms with E-state index in [1.54, 1.807) is 10.9 Å². The zero-order chi connectivity index (χ0) is 13.1. The van der Waals surface area contributed by atoms with Gasteiger partial charge >= 0.3 is 0 Å². The Morgan fingerprint density at radius 3 is 2.83 bits per heavy atom. The first-order chi connectivity index (χ1) is 8.56. The minimum absolute atomic E-state index is 0.0335. The highest BCUT2D eigenvalue weighted by molar-refractivity contribution is 5.38. The predicted molar refractivity (Wildman–Crippen MR) is 71.3 cm³/mol. The Labute approximate surface area is 107 Å². The van der Waals surface area contributed by atoms with Crippen molar-refractivity contribution in [2.24, 2.45) is 12.8 Å². The van der Waals surface area contributed by atoms with Gasteiger partial charge in [-0.25, -0.2) is 0 Å². The molecule has 0 fully saturated rings. The van der Waals surface area contributed by atoms with Crippen LogP contribution in [0.3, 0.4) is 0 Å². The number of ether oxygens (including phenoxy) is 1. The van der Waals surface area contributed by atoms with Crippen molar-refractivity contribution in [1.29, 1.82) is 0 Å². The third-order valence-corrected chi connectivity index (χ3v) is 2.81. The Bertz CT molecular complexity index is 532. The molecule has 0 spiro atoms. The molecule has 4 heteroatoms. The van der Waals surface area contributed by atoms with Crippen molar-refractivity contribution in [3.05, 3.63) is 47.3 Å². The molecule has 0 saturated carbocycles. The van der Waals surface area contributed by atoms with Crippen molar-refractivity contribution in [3.63, 3.8) is 0 Å². The number of benzene rings is 1. The lowest BCUT2D eigenvalue weighted by Gasteiger charge is -2.14. The molecule has 1 aromatic heterocycles. The van der Waals surface area contributed by atoms with Crippen LogP contribution in [0.4, 0.5) is 0 Å². The average molecular weight is 245 g/mol. The smallest absolute Gasteiger partial charge is 0.124 e. The Morgan fingerprint density at radius 1 is 1.44 bits per heavy atom. The molecule has 1 heterocycles. The van der Waals surface area contributed by atoms with Gasteiger partial charge in [0.05, 0.1) is 6.20 Å². The van der Waals surface area contributed by atoms with Crippen LogP contribution in [0, 0.1) is 6.92 Å². The van der Waals surface area contributed by atoms with Gasteiger partial charge in [0.1, 0.15) is 12.4 Å². The van der Waals surface area contributed by atoms with Gasteiger partial charge in [0.2, 0.25) is 0 Å². The average Bonchev–Trinajstić information content (AvgIpc) is 2.73. The van der Waals surface area contributed by atoms with Gasteiger partial charge in [-0.3, -0.25) is 4.68 Å². The first-order valence-electron chi connectivity index (χ1n) is 6.02. The molecule has 2 rings (SSSR count). The number of hydrogen-bond acceptors (Lipinski definition) is 3. The highest BCUT2D eigenvalue weighted by atomic mass is 16.5. The standard InChI is InChI=1S/C14H19N3O/c1-10-4-5-14(13(6-10)11(2)15)18-9-12-7-16-17(3)8-12/h4-8,11H,9,15H2,1-3H3/t11-/m1/s1. The lowest BCUT2D eigenvalue weighted by molar-refractivity contribution is 0.301. The molecule has 0 radical (unpaired) electrons. The van der Waals surface area contributed by atoms with Gasteiger partial charge in [-0.1, -0.05) is 17.7 Å². The molecule has 2 aromatic rings. The summed E-state index contributed by atoms with van der Waals surface area (Å²) in [6.07, 6.45) is 3.75. The fourth-order valence-corrected chi connectivity index (χ4v) is 1.86. The van der Waals surface area contributed by atoms with E-state index in [2.05, 4.69) is 18.1 Å². The number of nitrogens with zero attached hydrogens (tertiary/aromatic N) is 2. The summed E-state index contributed by atoms with van der Waals surface area (Å²) in [5.74, 6) is 0.847. The van der Waals surface area contributed by atoms with E-state index in [4.69, 9.17) is 10.5 Å². The van der Waals surface area contributed by atoms with E-state index < -0.39 is 0 Å². The van der Waals surface area contributed by atoms with E-state index in [-0.39, 0.29) is 6.04 Å². The zero-order valence-electron chi connectivity index (χ0n) is 11.1. The quantitative estimate of drug-likeness (QED) is 0.899. The summed E-state index contributed by atoms with van der Waals surface area (Å²) in [5.41, 5.74) is 9.24. The molecule has 0 amide bonds. The van der Waals surface area contributed by atoms with Crippen molar-refractivity contribution >= 4 is 0 Å². The maximum atomic E-state index is 5.96. The van der Waals surface area contributed by atoms with Gasteiger partial charge in [0.15, 0.2) is 0 Å². The summed E-state index contributed by atoms with van der Waals surface area (Å²) in [6.45, 7) is 4.53. The Hall–Kier alpha value is -1.81. The summed E-state index contributed by atoms with van der Waals surface area (Å²) >= 11 is 0. The number of hydrogen-bond donors (Lipinski definition) is 1. The van der Waals surface area contributed by atoms with Gasteiger partial charge in [0.25, 0.3) is 0 Å². The van der Waals surface area contributed by atoms with Crippen LogP contribution in [-0.2, 0) is 13.7 Å². The molecule has 96 valence electrons. The second-order valence-electron chi connectivity index (χ2n) is 4.64. The largest absolute Gasteiger partial charge is 0.488 e. The molecule has 0 saturated heterocycles. The van der Waals surface area contributed by atoms with E-state index in [0.717, 1.165) is 16.9 Å². The van der Waals surface area contributed by atoms with Crippen molar-refractivity contribution in [3.8, 4) is 5.75 Å². The molecule has 1 atom stereocenters. The van der Waals surface area contributed by atoms with Gasteiger partial charge in [-0.15, -0.1) is 0 Å². The predicted octanol–water partition coefficient (Wildman–Crippen LogP) is 2.33. The van der Waals surface area contributed by atoms with Crippen LogP contribution in [0.1, 0.15) is 29.7 Å². The van der Waals surface area contributed by atoms with E-state index in [1.807, 2.05) is 32.3 Å². The van der Waals surface area contributed by atoms with Crippen LogP contribution in [0.2, 0.25) is 0 Å². The molecular formula is C14H19N3O. The van der Waals surface area contributed by atoms with Crippen LogP contribution >= 0.6 is 0 Å². The highest BCUT2D eigenvalue weighted by Gasteiger charge is 2.09. The molecule has 0 aliphatic rings. The third-order valence-electron chi connectivity index (χ3n) is 2.81. The SMILES string of the molecule is Cc1ccc(OCc2cnn(C)c2)c([C@@H](C)N)c1. The molecule has 18 heavy (non-hydrogen) atoms. The number of aryl methyl sites for hydroxylation is 2. The van der Waals surface area contributed by atoms with Crippen molar-refractivity contribution < 1.29 is 4.74 Å². The van der Waals surface area contributed by atoms with Crippen molar-refractivity contribution in [2.75, 3.05) is 0 Å². The van der Waals surface area contributed by atoms with Crippen LogP contribution in [0.5, 0.6) is 5.75 Å². The fraction of sp³-hybridized carbons (Fsp3) is 0.357. The highest BCUT2D eigenvalue weighted by Crippen LogP contribution is 2.25. The minimum Gasteiger partial charge on any atom is -0.488 e. The topological polar surface area (TPSA) is 53.1 Å². The molecule has 0 bridgehead atoms. The summed E-state index contributed by atoms with van der Waals surface area (Å²) in [5, 5.41) is 4.11. The zero-order valence-corrected chi connectivity index (χ0v) is 11.1. The second-order valence-corrected chi connectivity index (χ2v) is 4.64. The summed E-state index contributed by atoms with van der Waals surface area (Å²) in [4.78, 5) is 0. The number of rotatable bonds is 4. The first kappa shape index (κ1) is 12.6.